The van der Waals surface area contributed by atoms with Crippen LogP contribution in [0.4, 0.5) is 4.39 Å². The first kappa shape index (κ1) is 15.4. The van der Waals surface area contributed by atoms with Gasteiger partial charge in [-0.3, -0.25) is 9.69 Å². The fourth-order valence-corrected chi connectivity index (χ4v) is 1.84. The van der Waals surface area contributed by atoms with Crippen molar-refractivity contribution < 1.29 is 14.3 Å². The monoisotopic (exact) mass is 265 g/mol. The Bertz CT molecular complexity index is 417. The predicted octanol–water partition coefficient (Wildman–Crippen LogP) is 2.58. The molecule has 4 heteroatoms. The summed E-state index contributed by atoms with van der Waals surface area (Å²) in [5.74, 6) is -1.45. The van der Waals surface area contributed by atoms with Crippen LogP contribution in [-0.4, -0.2) is 35.6 Å². The molecule has 0 aliphatic carbocycles. The molecule has 0 saturated heterocycles. The minimum Gasteiger partial charge on any atom is -0.481 e. The summed E-state index contributed by atoms with van der Waals surface area (Å²) >= 11 is 0. The molecule has 1 atom stereocenters. The summed E-state index contributed by atoms with van der Waals surface area (Å²) in [5, 5.41) is 8.92. The van der Waals surface area contributed by atoms with E-state index in [1.807, 2.05) is 4.90 Å². The lowest BCUT2D eigenvalue weighted by Gasteiger charge is -2.22. The normalized spacial score (nSPS) is 12.4. The van der Waals surface area contributed by atoms with E-state index in [0.29, 0.717) is 13.1 Å². The van der Waals surface area contributed by atoms with Crippen molar-refractivity contribution in [2.24, 2.45) is 5.92 Å². The molecule has 0 radical (unpaired) electrons. The number of nitrogens with zero attached hydrogens (tertiary/aromatic N) is 1. The van der Waals surface area contributed by atoms with Gasteiger partial charge in [0.15, 0.2) is 0 Å². The lowest BCUT2D eigenvalue weighted by Crippen LogP contribution is -2.33. The first-order chi connectivity index (χ1) is 9.02. The van der Waals surface area contributed by atoms with Crippen LogP contribution in [0, 0.1) is 11.7 Å². The van der Waals surface area contributed by atoms with E-state index >= 15 is 0 Å². The standard InChI is InChI=1S/C15H20FNO2/c1-3-9-17(11-12(2)15(18)19)10-8-13-4-6-14(16)7-5-13/h3-7,12H,1,8-11H2,2H3,(H,18,19). The van der Waals surface area contributed by atoms with Crippen molar-refractivity contribution in [2.45, 2.75) is 13.3 Å². The number of rotatable bonds is 8. The number of aliphatic carboxylic acids is 1. The van der Waals surface area contributed by atoms with Crippen LogP contribution in [0.15, 0.2) is 36.9 Å². The average Bonchev–Trinajstić information content (AvgIpc) is 2.37. The van der Waals surface area contributed by atoms with E-state index in [2.05, 4.69) is 6.58 Å². The van der Waals surface area contributed by atoms with E-state index in [1.54, 1.807) is 25.1 Å². The van der Waals surface area contributed by atoms with Crippen LogP contribution in [0.5, 0.6) is 0 Å². The molecule has 0 aliphatic heterocycles. The molecule has 1 unspecified atom stereocenters. The Kier molecular flexibility index (Phi) is 6.22. The van der Waals surface area contributed by atoms with E-state index in [-0.39, 0.29) is 5.82 Å². The lowest BCUT2D eigenvalue weighted by molar-refractivity contribution is -0.141. The highest BCUT2D eigenvalue weighted by Gasteiger charge is 2.15. The van der Waals surface area contributed by atoms with Crippen molar-refractivity contribution in [1.29, 1.82) is 0 Å². The first-order valence-electron chi connectivity index (χ1n) is 6.33. The van der Waals surface area contributed by atoms with Gasteiger partial charge in [0.05, 0.1) is 5.92 Å². The number of hydrogen-bond donors (Lipinski definition) is 1. The van der Waals surface area contributed by atoms with Crippen molar-refractivity contribution in [1.82, 2.24) is 4.90 Å². The second-order valence-corrected chi connectivity index (χ2v) is 4.66. The fraction of sp³-hybridized carbons (Fsp3) is 0.400. The molecule has 0 aromatic heterocycles. The third kappa shape index (κ3) is 5.66. The van der Waals surface area contributed by atoms with E-state index < -0.39 is 11.9 Å². The largest absolute Gasteiger partial charge is 0.481 e. The zero-order valence-corrected chi connectivity index (χ0v) is 11.2. The molecule has 0 bridgehead atoms. The molecule has 1 rings (SSSR count). The second kappa shape index (κ2) is 7.69. The van der Waals surface area contributed by atoms with Crippen LogP contribution in [-0.2, 0) is 11.2 Å². The second-order valence-electron chi connectivity index (χ2n) is 4.66. The van der Waals surface area contributed by atoms with Crippen LogP contribution in [0.1, 0.15) is 12.5 Å². The van der Waals surface area contributed by atoms with Crippen molar-refractivity contribution in [2.75, 3.05) is 19.6 Å². The molecule has 0 saturated carbocycles. The number of carbonyl (C=O) groups is 1. The number of halogens is 1. The Balaban J connectivity index is 2.51. The van der Waals surface area contributed by atoms with Crippen LogP contribution < -0.4 is 0 Å². The molecule has 1 N–H and O–H groups in total. The zero-order valence-electron chi connectivity index (χ0n) is 11.2. The molecule has 1 aromatic rings. The lowest BCUT2D eigenvalue weighted by atomic mass is 10.1. The smallest absolute Gasteiger partial charge is 0.307 e. The van der Waals surface area contributed by atoms with E-state index in [0.717, 1.165) is 18.5 Å². The zero-order chi connectivity index (χ0) is 14.3. The quantitative estimate of drug-likeness (QED) is 0.734. The number of carboxylic acid groups (broad SMARTS) is 1. The fourth-order valence-electron chi connectivity index (χ4n) is 1.84. The van der Waals surface area contributed by atoms with Gasteiger partial charge in [-0.25, -0.2) is 4.39 Å². The Labute approximate surface area is 113 Å². The molecule has 0 fully saturated rings. The van der Waals surface area contributed by atoms with Crippen molar-refractivity contribution in [3.63, 3.8) is 0 Å². The van der Waals surface area contributed by atoms with Gasteiger partial charge in [-0.15, -0.1) is 6.58 Å². The maximum atomic E-state index is 12.8. The maximum absolute atomic E-state index is 12.8. The molecule has 1 aromatic carbocycles. The van der Waals surface area contributed by atoms with Gasteiger partial charge in [0.1, 0.15) is 5.82 Å². The molecule has 3 nitrogen and oxygen atoms in total. The van der Waals surface area contributed by atoms with Gasteiger partial charge in [-0.1, -0.05) is 25.1 Å². The number of hydrogen-bond acceptors (Lipinski definition) is 2. The Morgan fingerprint density at radius 3 is 2.63 bits per heavy atom. The average molecular weight is 265 g/mol. The summed E-state index contributed by atoms with van der Waals surface area (Å²) in [7, 11) is 0. The molecular weight excluding hydrogens is 245 g/mol. The summed E-state index contributed by atoms with van der Waals surface area (Å²) < 4.78 is 12.8. The van der Waals surface area contributed by atoms with Crippen molar-refractivity contribution in [3.8, 4) is 0 Å². The summed E-state index contributed by atoms with van der Waals surface area (Å²) in [6, 6.07) is 6.38. The number of carboxylic acids is 1. The van der Waals surface area contributed by atoms with Gasteiger partial charge in [-0.05, 0) is 24.1 Å². The van der Waals surface area contributed by atoms with E-state index in [1.165, 1.54) is 12.1 Å². The van der Waals surface area contributed by atoms with Gasteiger partial charge < -0.3 is 5.11 Å². The van der Waals surface area contributed by atoms with Crippen LogP contribution in [0.2, 0.25) is 0 Å². The van der Waals surface area contributed by atoms with Crippen molar-refractivity contribution in [3.05, 3.63) is 48.3 Å². The minimum atomic E-state index is -0.796. The van der Waals surface area contributed by atoms with Gasteiger partial charge >= 0.3 is 5.97 Å². The van der Waals surface area contributed by atoms with Crippen LogP contribution in [0.3, 0.4) is 0 Å². The van der Waals surface area contributed by atoms with E-state index in [9.17, 15) is 9.18 Å². The SMILES string of the molecule is C=CCN(CCc1ccc(F)cc1)CC(C)C(=O)O. The first-order valence-corrected chi connectivity index (χ1v) is 6.33. The van der Waals surface area contributed by atoms with Gasteiger partial charge in [0.2, 0.25) is 0 Å². The highest BCUT2D eigenvalue weighted by atomic mass is 19.1. The predicted molar refractivity (Wildman–Crippen MR) is 73.5 cm³/mol. The third-order valence-corrected chi connectivity index (χ3v) is 2.97. The van der Waals surface area contributed by atoms with E-state index in [4.69, 9.17) is 5.11 Å². The van der Waals surface area contributed by atoms with Gasteiger partial charge in [0, 0.05) is 19.6 Å². The molecule has 0 spiro atoms. The molecule has 104 valence electrons. The Morgan fingerprint density at radius 1 is 1.47 bits per heavy atom. The molecule has 0 amide bonds. The summed E-state index contributed by atoms with van der Waals surface area (Å²) in [4.78, 5) is 12.9. The maximum Gasteiger partial charge on any atom is 0.307 e. The minimum absolute atomic E-state index is 0.244. The van der Waals surface area contributed by atoms with Crippen molar-refractivity contribution >= 4 is 5.97 Å². The molecule has 19 heavy (non-hydrogen) atoms. The van der Waals surface area contributed by atoms with Gasteiger partial charge in [0.25, 0.3) is 0 Å². The topological polar surface area (TPSA) is 40.5 Å². The third-order valence-electron chi connectivity index (χ3n) is 2.97. The summed E-state index contributed by atoms with van der Waals surface area (Å²) in [5.41, 5.74) is 1.04. The van der Waals surface area contributed by atoms with Gasteiger partial charge in [-0.2, -0.15) is 0 Å². The van der Waals surface area contributed by atoms with Crippen LogP contribution >= 0.6 is 0 Å². The van der Waals surface area contributed by atoms with Crippen LogP contribution in [0.25, 0.3) is 0 Å². The molecule has 0 heterocycles. The Hall–Kier alpha value is -1.68. The molecular formula is C15H20FNO2. The highest BCUT2D eigenvalue weighted by Crippen LogP contribution is 2.06. The number of benzene rings is 1. The Morgan fingerprint density at radius 2 is 2.11 bits per heavy atom. The summed E-state index contributed by atoms with van der Waals surface area (Å²) in [6.07, 6.45) is 2.53. The molecule has 0 aliphatic rings. The highest BCUT2D eigenvalue weighted by molar-refractivity contribution is 5.69. The summed E-state index contributed by atoms with van der Waals surface area (Å²) in [6.45, 7) is 7.24.